The molecule has 0 aromatic carbocycles. The number of aliphatic hydroxyl groups is 1. The minimum absolute atomic E-state index is 0.279. The van der Waals surface area contributed by atoms with E-state index in [1.165, 1.54) is 89.9 Å². The van der Waals surface area contributed by atoms with Crippen molar-refractivity contribution in [3.8, 4) is 0 Å². The van der Waals surface area contributed by atoms with Crippen molar-refractivity contribution in [2.75, 3.05) is 0 Å². The molecule has 0 amide bonds. The lowest BCUT2D eigenvalue weighted by Gasteiger charge is -2.28. The van der Waals surface area contributed by atoms with Gasteiger partial charge in [-0.1, -0.05) is 76.9 Å². The molecule has 3 nitrogen and oxygen atoms in total. The van der Waals surface area contributed by atoms with E-state index in [2.05, 4.69) is 24.4 Å². The van der Waals surface area contributed by atoms with Crippen molar-refractivity contribution in [3.05, 3.63) is 24.6 Å². The Morgan fingerprint density at radius 3 is 2.00 bits per heavy atom. The van der Waals surface area contributed by atoms with Crippen LogP contribution in [0.3, 0.4) is 0 Å². The minimum Gasteiger partial charge on any atom is -0.374 e. The third-order valence-electron chi connectivity index (χ3n) is 5.32. The predicted molar refractivity (Wildman–Crippen MR) is 114 cm³/mol. The summed E-state index contributed by atoms with van der Waals surface area (Å²) in [4.78, 5) is 1.99. The molecule has 2 unspecified atom stereocenters. The van der Waals surface area contributed by atoms with E-state index in [9.17, 15) is 5.11 Å². The van der Waals surface area contributed by atoms with Crippen LogP contribution in [0.4, 0.5) is 0 Å². The van der Waals surface area contributed by atoms with E-state index < -0.39 is 6.23 Å². The standard InChI is InChI=1S/C23H44N2O/c1-3-4-5-6-7-8-9-10-11-12-13-14-15-16-17-18-19-23-24-20-21-25(23)22(2)26/h12-13,20-24,26H,3-11,14-19H2,1-2H3/b13-12+. The van der Waals surface area contributed by atoms with Gasteiger partial charge in [0.1, 0.15) is 12.4 Å². The van der Waals surface area contributed by atoms with Gasteiger partial charge in [0.2, 0.25) is 0 Å². The van der Waals surface area contributed by atoms with Crippen molar-refractivity contribution in [2.45, 2.75) is 123 Å². The number of hydrogen-bond donors (Lipinski definition) is 2. The van der Waals surface area contributed by atoms with E-state index >= 15 is 0 Å². The summed E-state index contributed by atoms with van der Waals surface area (Å²) in [6, 6.07) is 0. The van der Waals surface area contributed by atoms with Crippen LogP contribution in [0.15, 0.2) is 24.6 Å². The maximum Gasteiger partial charge on any atom is 0.125 e. The maximum absolute atomic E-state index is 9.68. The van der Waals surface area contributed by atoms with Gasteiger partial charge in [-0.3, -0.25) is 0 Å². The molecule has 0 radical (unpaired) electrons. The second-order valence-electron chi connectivity index (χ2n) is 7.80. The van der Waals surface area contributed by atoms with Gasteiger partial charge in [-0.25, -0.2) is 0 Å². The van der Waals surface area contributed by atoms with Crippen LogP contribution < -0.4 is 5.32 Å². The fraction of sp³-hybridized carbons (Fsp3) is 0.826. The van der Waals surface area contributed by atoms with E-state index in [4.69, 9.17) is 0 Å². The summed E-state index contributed by atoms with van der Waals surface area (Å²) < 4.78 is 0. The first kappa shape index (κ1) is 23.1. The Labute approximate surface area is 162 Å². The highest BCUT2D eigenvalue weighted by molar-refractivity contribution is 4.94. The first-order valence-electron chi connectivity index (χ1n) is 11.3. The van der Waals surface area contributed by atoms with Gasteiger partial charge in [0, 0.05) is 12.4 Å². The average molecular weight is 365 g/mol. The van der Waals surface area contributed by atoms with Crippen molar-refractivity contribution in [2.24, 2.45) is 0 Å². The van der Waals surface area contributed by atoms with Crippen molar-refractivity contribution in [1.82, 2.24) is 10.2 Å². The maximum atomic E-state index is 9.68. The Morgan fingerprint density at radius 2 is 1.42 bits per heavy atom. The molecule has 0 saturated heterocycles. The zero-order chi connectivity index (χ0) is 18.9. The largest absolute Gasteiger partial charge is 0.374 e. The lowest BCUT2D eigenvalue weighted by Crippen LogP contribution is -2.40. The van der Waals surface area contributed by atoms with Crippen LogP contribution in [-0.2, 0) is 0 Å². The molecule has 0 aromatic rings. The first-order chi connectivity index (χ1) is 12.8. The molecule has 0 aliphatic carbocycles. The molecule has 152 valence electrons. The smallest absolute Gasteiger partial charge is 0.125 e. The normalized spacial score (nSPS) is 18.0. The second kappa shape index (κ2) is 16.2. The van der Waals surface area contributed by atoms with Crippen molar-refractivity contribution in [3.63, 3.8) is 0 Å². The van der Waals surface area contributed by atoms with E-state index in [-0.39, 0.29) is 6.17 Å². The molecule has 0 bridgehead atoms. The number of unbranched alkanes of at least 4 members (excludes halogenated alkanes) is 12. The quantitative estimate of drug-likeness (QED) is 0.230. The third-order valence-corrected chi connectivity index (χ3v) is 5.32. The molecule has 1 aliphatic heterocycles. The van der Waals surface area contributed by atoms with Gasteiger partial charge in [-0.15, -0.1) is 0 Å². The molecule has 3 heteroatoms. The van der Waals surface area contributed by atoms with Crippen LogP contribution in [0, 0.1) is 0 Å². The minimum atomic E-state index is -0.405. The SMILES string of the molecule is CCCCCCCCCC/C=C/CCCCCCC1NC=CN1C(C)O. The lowest BCUT2D eigenvalue weighted by molar-refractivity contribution is 0.0254. The fourth-order valence-corrected chi connectivity index (χ4v) is 3.63. The molecule has 1 aliphatic rings. The molecule has 0 fully saturated rings. The highest BCUT2D eigenvalue weighted by Crippen LogP contribution is 2.16. The summed E-state index contributed by atoms with van der Waals surface area (Å²) in [6.07, 6.45) is 28.6. The molecule has 26 heavy (non-hydrogen) atoms. The highest BCUT2D eigenvalue weighted by atomic mass is 16.3. The Balaban J connectivity index is 1.81. The Morgan fingerprint density at radius 1 is 0.885 bits per heavy atom. The number of allylic oxidation sites excluding steroid dienone is 2. The topological polar surface area (TPSA) is 35.5 Å². The molecule has 0 aromatic heterocycles. The van der Waals surface area contributed by atoms with Crippen molar-refractivity contribution >= 4 is 0 Å². The molecule has 1 heterocycles. The van der Waals surface area contributed by atoms with Crippen LogP contribution >= 0.6 is 0 Å². The molecule has 1 rings (SSSR count). The van der Waals surface area contributed by atoms with Crippen LogP contribution in [0.2, 0.25) is 0 Å². The Bertz CT molecular complexity index is 365. The lowest BCUT2D eigenvalue weighted by atomic mass is 10.1. The van der Waals surface area contributed by atoms with Crippen molar-refractivity contribution in [1.29, 1.82) is 0 Å². The number of aliphatic hydroxyl groups excluding tert-OH is 1. The zero-order valence-corrected chi connectivity index (χ0v) is 17.5. The van der Waals surface area contributed by atoms with Crippen LogP contribution in [0.5, 0.6) is 0 Å². The monoisotopic (exact) mass is 364 g/mol. The molecular formula is C23H44N2O. The van der Waals surface area contributed by atoms with Gasteiger partial charge < -0.3 is 15.3 Å². The summed E-state index contributed by atoms with van der Waals surface area (Å²) in [5.74, 6) is 0. The summed E-state index contributed by atoms with van der Waals surface area (Å²) in [7, 11) is 0. The van der Waals surface area contributed by atoms with E-state index in [1.807, 2.05) is 24.2 Å². The Hall–Kier alpha value is -0.960. The summed E-state index contributed by atoms with van der Waals surface area (Å²) in [5.41, 5.74) is 0. The molecule has 0 saturated carbocycles. The number of nitrogens with one attached hydrogen (secondary N) is 1. The van der Waals surface area contributed by atoms with Crippen LogP contribution in [0.1, 0.15) is 110 Å². The number of rotatable bonds is 17. The van der Waals surface area contributed by atoms with E-state index in [0.29, 0.717) is 0 Å². The van der Waals surface area contributed by atoms with Crippen LogP contribution in [0.25, 0.3) is 0 Å². The highest BCUT2D eigenvalue weighted by Gasteiger charge is 2.20. The predicted octanol–water partition coefficient (Wildman–Crippen LogP) is 6.45. The molecular weight excluding hydrogens is 320 g/mol. The van der Waals surface area contributed by atoms with E-state index in [1.54, 1.807) is 0 Å². The van der Waals surface area contributed by atoms with Crippen molar-refractivity contribution < 1.29 is 5.11 Å². The first-order valence-corrected chi connectivity index (χ1v) is 11.3. The van der Waals surface area contributed by atoms with Gasteiger partial charge >= 0.3 is 0 Å². The Kier molecular flexibility index (Phi) is 14.4. The zero-order valence-electron chi connectivity index (χ0n) is 17.5. The van der Waals surface area contributed by atoms with E-state index in [0.717, 1.165) is 6.42 Å². The summed E-state index contributed by atoms with van der Waals surface area (Å²) >= 11 is 0. The summed E-state index contributed by atoms with van der Waals surface area (Å²) in [5, 5.41) is 13.0. The van der Waals surface area contributed by atoms with Crippen LogP contribution in [-0.4, -0.2) is 22.4 Å². The molecule has 0 spiro atoms. The third kappa shape index (κ3) is 11.6. The number of hydrogen-bond acceptors (Lipinski definition) is 3. The number of nitrogens with zero attached hydrogens (tertiary/aromatic N) is 1. The second-order valence-corrected chi connectivity index (χ2v) is 7.80. The molecule has 2 atom stereocenters. The van der Waals surface area contributed by atoms with Gasteiger partial charge in [-0.2, -0.15) is 0 Å². The van der Waals surface area contributed by atoms with Gasteiger partial charge in [-0.05, 0) is 45.4 Å². The molecule has 2 N–H and O–H groups in total. The summed E-state index contributed by atoms with van der Waals surface area (Å²) in [6.45, 7) is 4.11. The van der Waals surface area contributed by atoms with Gasteiger partial charge in [0.15, 0.2) is 0 Å². The van der Waals surface area contributed by atoms with Gasteiger partial charge in [0.25, 0.3) is 0 Å². The van der Waals surface area contributed by atoms with Gasteiger partial charge in [0.05, 0.1) is 0 Å². The fourth-order valence-electron chi connectivity index (χ4n) is 3.63. The average Bonchev–Trinajstić information content (AvgIpc) is 3.10.